The van der Waals surface area contributed by atoms with Gasteiger partial charge >= 0.3 is 0 Å². The first-order chi connectivity index (χ1) is 7.54. The van der Waals surface area contributed by atoms with E-state index in [1.807, 2.05) is 0 Å². The fourth-order valence-corrected chi connectivity index (χ4v) is 1.08. The molecule has 0 bridgehead atoms. The molecule has 0 unspecified atom stereocenters. The number of halogens is 1. The van der Waals surface area contributed by atoms with Gasteiger partial charge < -0.3 is 10.4 Å². The maximum atomic E-state index is 12.9. The minimum atomic E-state index is -0.858. The second-order valence-corrected chi connectivity index (χ2v) is 2.93. The average molecular weight is 228 g/mol. The molecule has 0 spiro atoms. The summed E-state index contributed by atoms with van der Waals surface area (Å²) in [5.74, 6) is -1.53. The minimum absolute atomic E-state index is 0.00312. The number of amides is 1. The van der Waals surface area contributed by atoms with E-state index in [1.165, 1.54) is 0 Å². The molecule has 16 heavy (non-hydrogen) atoms. The smallest absolute Gasteiger partial charge is 0.273 e. The van der Waals surface area contributed by atoms with Gasteiger partial charge in [-0.3, -0.25) is 14.9 Å². The molecule has 0 radical (unpaired) electrons. The van der Waals surface area contributed by atoms with Gasteiger partial charge in [-0.1, -0.05) is 0 Å². The van der Waals surface area contributed by atoms with Crippen molar-refractivity contribution in [3.63, 3.8) is 0 Å². The second-order valence-electron chi connectivity index (χ2n) is 2.93. The predicted molar refractivity (Wildman–Crippen MR) is 52.5 cm³/mol. The zero-order valence-corrected chi connectivity index (χ0v) is 8.14. The molecule has 1 aromatic carbocycles. The first-order valence-corrected chi connectivity index (χ1v) is 4.38. The van der Waals surface area contributed by atoms with Crippen LogP contribution in [0.5, 0.6) is 0 Å². The summed E-state index contributed by atoms with van der Waals surface area (Å²) in [5, 5.41) is 21.1. The standard InChI is InChI=1S/C9H9FN2O4/c10-7-3-6(9(14)11-1-2-13)4-8(5-7)12(15)16/h3-5,13H,1-2H2,(H,11,14). The minimum Gasteiger partial charge on any atom is -0.395 e. The van der Waals surface area contributed by atoms with E-state index in [4.69, 9.17) is 5.11 Å². The molecule has 7 heteroatoms. The summed E-state index contributed by atoms with van der Waals surface area (Å²) >= 11 is 0. The van der Waals surface area contributed by atoms with Crippen molar-refractivity contribution in [3.05, 3.63) is 39.7 Å². The number of benzene rings is 1. The molecule has 86 valence electrons. The summed E-state index contributed by atoms with van der Waals surface area (Å²) in [5.41, 5.74) is -0.644. The summed E-state index contributed by atoms with van der Waals surface area (Å²) in [6.07, 6.45) is 0. The van der Waals surface area contributed by atoms with Gasteiger partial charge in [0.1, 0.15) is 5.82 Å². The lowest BCUT2D eigenvalue weighted by Crippen LogP contribution is -2.26. The third-order valence-corrected chi connectivity index (χ3v) is 1.75. The number of hydrogen-bond donors (Lipinski definition) is 2. The van der Waals surface area contributed by atoms with Crippen LogP contribution in [0.25, 0.3) is 0 Å². The zero-order valence-electron chi connectivity index (χ0n) is 8.14. The molecule has 6 nitrogen and oxygen atoms in total. The number of nitro benzene ring substituents is 1. The zero-order chi connectivity index (χ0) is 12.1. The monoisotopic (exact) mass is 228 g/mol. The Morgan fingerprint density at radius 3 is 2.75 bits per heavy atom. The molecule has 0 fully saturated rings. The number of aliphatic hydroxyl groups is 1. The molecule has 1 aromatic rings. The highest BCUT2D eigenvalue weighted by atomic mass is 19.1. The number of carbonyl (C=O) groups is 1. The Morgan fingerprint density at radius 1 is 1.50 bits per heavy atom. The van der Waals surface area contributed by atoms with Crippen LogP contribution in [0.15, 0.2) is 18.2 Å². The number of carbonyl (C=O) groups excluding carboxylic acids is 1. The van der Waals surface area contributed by atoms with Crippen molar-refractivity contribution in [2.24, 2.45) is 0 Å². The van der Waals surface area contributed by atoms with E-state index < -0.39 is 22.3 Å². The van der Waals surface area contributed by atoms with E-state index in [0.29, 0.717) is 0 Å². The van der Waals surface area contributed by atoms with Gasteiger partial charge in [0.15, 0.2) is 0 Å². The number of nitrogens with zero attached hydrogens (tertiary/aromatic N) is 1. The van der Waals surface area contributed by atoms with Crippen molar-refractivity contribution in [2.75, 3.05) is 13.2 Å². The highest BCUT2D eigenvalue weighted by Gasteiger charge is 2.14. The van der Waals surface area contributed by atoms with Crippen LogP contribution in [0, 0.1) is 15.9 Å². The molecule has 0 aliphatic carbocycles. The average Bonchev–Trinajstić information content (AvgIpc) is 2.24. The summed E-state index contributed by atoms with van der Waals surface area (Å²) in [6.45, 7) is -0.258. The largest absolute Gasteiger partial charge is 0.395 e. The van der Waals surface area contributed by atoms with Crippen LogP contribution < -0.4 is 5.32 Å². The molecule has 0 aliphatic rings. The number of nitrogens with one attached hydrogen (secondary N) is 1. The Labute approximate surface area is 89.9 Å². The summed E-state index contributed by atoms with van der Waals surface area (Å²) < 4.78 is 12.9. The molecule has 0 saturated heterocycles. The van der Waals surface area contributed by atoms with Gasteiger partial charge in [-0.2, -0.15) is 0 Å². The molecule has 0 atom stereocenters. The summed E-state index contributed by atoms with van der Waals surface area (Å²) in [6, 6.07) is 2.58. The van der Waals surface area contributed by atoms with Crippen molar-refractivity contribution < 1.29 is 19.2 Å². The number of nitro groups is 1. The van der Waals surface area contributed by atoms with Crippen molar-refractivity contribution in [1.82, 2.24) is 5.32 Å². The van der Waals surface area contributed by atoms with Crippen LogP contribution in [-0.2, 0) is 0 Å². The van der Waals surface area contributed by atoms with Gasteiger partial charge in [0.05, 0.1) is 17.6 Å². The molecule has 2 N–H and O–H groups in total. The number of hydrogen-bond acceptors (Lipinski definition) is 4. The predicted octanol–water partition coefficient (Wildman–Crippen LogP) is 0.456. The van der Waals surface area contributed by atoms with Crippen molar-refractivity contribution in [2.45, 2.75) is 0 Å². The molecule has 1 amide bonds. The fourth-order valence-electron chi connectivity index (χ4n) is 1.08. The first kappa shape index (κ1) is 12.1. The van der Waals surface area contributed by atoms with Gasteiger partial charge in [-0.15, -0.1) is 0 Å². The van der Waals surface area contributed by atoms with Crippen LogP contribution in [0.4, 0.5) is 10.1 Å². The van der Waals surface area contributed by atoms with Crippen molar-refractivity contribution in [1.29, 1.82) is 0 Å². The van der Waals surface area contributed by atoms with Crippen LogP contribution in [-0.4, -0.2) is 29.1 Å². The number of rotatable bonds is 4. The summed E-state index contributed by atoms with van der Waals surface area (Å²) in [7, 11) is 0. The highest BCUT2D eigenvalue weighted by Crippen LogP contribution is 2.16. The summed E-state index contributed by atoms with van der Waals surface area (Å²) in [4.78, 5) is 20.9. The second kappa shape index (κ2) is 5.17. The molecule has 0 heterocycles. The van der Waals surface area contributed by atoms with E-state index in [0.717, 1.165) is 18.2 Å². The molecule has 0 saturated carbocycles. The van der Waals surface area contributed by atoms with Gasteiger partial charge in [-0.05, 0) is 6.07 Å². The van der Waals surface area contributed by atoms with Crippen LogP contribution in [0.3, 0.4) is 0 Å². The van der Waals surface area contributed by atoms with E-state index in [1.54, 1.807) is 0 Å². The maximum absolute atomic E-state index is 12.9. The van der Waals surface area contributed by atoms with E-state index >= 15 is 0 Å². The van der Waals surface area contributed by atoms with Crippen LogP contribution in [0.2, 0.25) is 0 Å². The van der Waals surface area contributed by atoms with Gasteiger partial charge in [0, 0.05) is 18.2 Å². The lowest BCUT2D eigenvalue weighted by atomic mass is 10.2. The topological polar surface area (TPSA) is 92.5 Å². The van der Waals surface area contributed by atoms with Crippen molar-refractivity contribution >= 4 is 11.6 Å². The Hall–Kier alpha value is -2.02. The first-order valence-electron chi connectivity index (χ1n) is 4.38. The molecule has 0 aromatic heterocycles. The normalized spacial score (nSPS) is 9.88. The maximum Gasteiger partial charge on any atom is 0.273 e. The Morgan fingerprint density at radius 2 is 2.19 bits per heavy atom. The molecular formula is C9H9FN2O4. The Kier molecular flexibility index (Phi) is 3.90. The van der Waals surface area contributed by atoms with E-state index in [2.05, 4.69) is 5.32 Å². The van der Waals surface area contributed by atoms with Crippen LogP contribution >= 0.6 is 0 Å². The molecule has 0 aliphatic heterocycles. The third kappa shape index (κ3) is 2.99. The highest BCUT2D eigenvalue weighted by molar-refractivity contribution is 5.94. The lowest BCUT2D eigenvalue weighted by molar-refractivity contribution is -0.385. The third-order valence-electron chi connectivity index (χ3n) is 1.75. The van der Waals surface area contributed by atoms with Crippen molar-refractivity contribution in [3.8, 4) is 0 Å². The quantitative estimate of drug-likeness (QED) is 0.578. The Bertz CT molecular complexity index is 422. The molecular weight excluding hydrogens is 219 g/mol. The van der Waals surface area contributed by atoms with Gasteiger partial charge in [0.2, 0.25) is 0 Å². The van der Waals surface area contributed by atoms with Gasteiger partial charge in [0.25, 0.3) is 11.6 Å². The SMILES string of the molecule is O=C(NCCO)c1cc(F)cc([N+](=O)[O-])c1. The number of aliphatic hydroxyl groups excluding tert-OH is 1. The lowest BCUT2D eigenvalue weighted by Gasteiger charge is -2.03. The Balaban J connectivity index is 2.95. The fraction of sp³-hybridized carbons (Fsp3) is 0.222. The van der Waals surface area contributed by atoms with Crippen LogP contribution in [0.1, 0.15) is 10.4 Å². The van der Waals surface area contributed by atoms with E-state index in [-0.39, 0.29) is 18.7 Å². The molecule has 1 rings (SSSR count). The number of non-ortho nitro benzene ring substituents is 1. The van der Waals surface area contributed by atoms with E-state index in [9.17, 15) is 19.3 Å². The van der Waals surface area contributed by atoms with Gasteiger partial charge in [-0.25, -0.2) is 4.39 Å².